The van der Waals surface area contributed by atoms with Crippen LogP contribution in [0.15, 0.2) is 12.4 Å². The van der Waals surface area contributed by atoms with E-state index in [1.54, 1.807) is 23.9 Å². The molecule has 13 heavy (non-hydrogen) atoms. The maximum atomic E-state index is 12.9. The van der Waals surface area contributed by atoms with E-state index in [4.69, 9.17) is 0 Å². The first-order chi connectivity index (χ1) is 6.03. The molecule has 1 heterocycles. The first-order valence-electron chi connectivity index (χ1n) is 4.39. The van der Waals surface area contributed by atoms with Crippen LogP contribution in [-0.4, -0.2) is 15.5 Å². The van der Waals surface area contributed by atoms with Gasteiger partial charge in [0.15, 0.2) is 0 Å². The van der Waals surface area contributed by atoms with Crippen molar-refractivity contribution in [3.63, 3.8) is 0 Å². The Balaban J connectivity index is 2.06. The molecule has 0 unspecified atom stereocenters. The molecular formula is C9H12F2N2. The molecule has 0 aliphatic heterocycles. The van der Waals surface area contributed by atoms with Crippen molar-refractivity contribution < 1.29 is 8.78 Å². The summed E-state index contributed by atoms with van der Waals surface area (Å²) in [6, 6.07) is 0. The van der Waals surface area contributed by atoms with Crippen molar-refractivity contribution in [2.45, 2.75) is 26.3 Å². The number of aromatic nitrogens is 2. The molecule has 0 aromatic carbocycles. The Morgan fingerprint density at radius 2 is 2.23 bits per heavy atom. The van der Waals surface area contributed by atoms with Gasteiger partial charge in [0.1, 0.15) is 5.82 Å². The largest absolute Gasteiger partial charge is 0.335 e. The van der Waals surface area contributed by atoms with Gasteiger partial charge < -0.3 is 4.57 Å². The third-order valence-electron chi connectivity index (χ3n) is 2.91. The van der Waals surface area contributed by atoms with Gasteiger partial charge in [-0.2, -0.15) is 0 Å². The minimum atomic E-state index is -2.46. The van der Waals surface area contributed by atoms with Crippen LogP contribution in [0.3, 0.4) is 0 Å². The van der Waals surface area contributed by atoms with Crippen LogP contribution in [-0.2, 0) is 6.54 Å². The van der Waals surface area contributed by atoms with E-state index in [0.717, 1.165) is 5.82 Å². The highest BCUT2D eigenvalue weighted by molar-refractivity contribution is 5.04. The number of halogens is 2. The predicted molar refractivity (Wildman–Crippen MR) is 44.6 cm³/mol. The number of aryl methyl sites for hydroxylation is 1. The molecule has 0 bridgehead atoms. The molecule has 1 saturated carbocycles. The zero-order valence-electron chi connectivity index (χ0n) is 7.67. The minimum Gasteiger partial charge on any atom is -0.335 e. The number of alkyl halides is 2. The Bertz CT molecular complexity index is 319. The quantitative estimate of drug-likeness (QED) is 0.691. The average molecular weight is 186 g/mol. The van der Waals surface area contributed by atoms with Crippen molar-refractivity contribution in [3.8, 4) is 0 Å². The van der Waals surface area contributed by atoms with E-state index in [1.807, 2.05) is 6.92 Å². The van der Waals surface area contributed by atoms with Gasteiger partial charge >= 0.3 is 0 Å². The van der Waals surface area contributed by atoms with Crippen LogP contribution in [0.2, 0.25) is 0 Å². The maximum absolute atomic E-state index is 12.9. The minimum absolute atomic E-state index is 0.389. The van der Waals surface area contributed by atoms with Crippen LogP contribution in [0.1, 0.15) is 12.7 Å². The molecule has 2 atom stereocenters. The lowest BCUT2D eigenvalue weighted by Crippen LogP contribution is -2.05. The Hall–Kier alpha value is -0.930. The van der Waals surface area contributed by atoms with E-state index in [0.29, 0.717) is 6.54 Å². The van der Waals surface area contributed by atoms with Gasteiger partial charge in [-0.25, -0.2) is 13.8 Å². The average Bonchev–Trinajstić information content (AvgIpc) is 2.48. The second kappa shape index (κ2) is 2.53. The van der Waals surface area contributed by atoms with Crippen molar-refractivity contribution in [2.24, 2.45) is 11.8 Å². The molecule has 72 valence electrons. The first-order valence-corrected chi connectivity index (χ1v) is 4.39. The summed E-state index contributed by atoms with van der Waals surface area (Å²) >= 11 is 0. The van der Waals surface area contributed by atoms with Crippen LogP contribution < -0.4 is 0 Å². The van der Waals surface area contributed by atoms with Gasteiger partial charge in [-0.05, 0) is 6.92 Å². The van der Waals surface area contributed by atoms with Crippen molar-refractivity contribution >= 4 is 0 Å². The lowest BCUT2D eigenvalue weighted by molar-refractivity contribution is 0.0835. The summed E-state index contributed by atoms with van der Waals surface area (Å²) in [4.78, 5) is 3.99. The Morgan fingerprint density at radius 1 is 1.62 bits per heavy atom. The summed E-state index contributed by atoms with van der Waals surface area (Å²) in [6.45, 7) is 3.81. The third-order valence-corrected chi connectivity index (χ3v) is 2.91. The van der Waals surface area contributed by atoms with Gasteiger partial charge in [0, 0.05) is 30.8 Å². The second-order valence-electron chi connectivity index (χ2n) is 3.70. The maximum Gasteiger partial charge on any atom is 0.256 e. The molecular weight excluding hydrogens is 174 g/mol. The third kappa shape index (κ3) is 1.24. The summed E-state index contributed by atoms with van der Waals surface area (Å²) in [7, 11) is 0. The van der Waals surface area contributed by atoms with E-state index >= 15 is 0 Å². The summed E-state index contributed by atoms with van der Waals surface area (Å²) in [6.07, 6.45) is 3.39. The standard InChI is InChI=1S/C9H12F2N2/c1-6-8(9(6,10)11)5-13-4-3-12-7(13)2/h3-4,6,8H,5H2,1-2H3/t6-,8-/m1/s1. The fourth-order valence-electron chi connectivity index (χ4n) is 1.65. The molecule has 2 nitrogen and oxygen atoms in total. The highest BCUT2D eigenvalue weighted by atomic mass is 19.3. The number of nitrogens with zero attached hydrogens (tertiary/aromatic N) is 2. The molecule has 0 spiro atoms. The Morgan fingerprint density at radius 3 is 2.62 bits per heavy atom. The van der Waals surface area contributed by atoms with Crippen molar-refractivity contribution in [1.82, 2.24) is 9.55 Å². The smallest absolute Gasteiger partial charge is 0.256 e. The van der Waals surface area contributed by atoms with Crippen LogP contribution >= 0.6 is 0 Å². The molecule has 1 aliphatic carbocycles. The fraction of sp³-hybridized carbons (Fsp3) is 0.667. The van der Waals surface area contributed by atoms with Crippen molar-refractivity contribution in [2.75, 3.05) is 0 Å². The molecule has 1 aliphatic rings. The monoisotopic (exact) mass is 186 g/mol. The number of hydrogen-bond donors (Lipinski definition) is 0. The van der Waals surface area contributed by atoms with Gasteiger partial charge in [0.25, 0.3) is 5.92 Å². The van der Waals surface area contributed by atoms with E-state index in [9.17, 15) is 8.78 Å². The zero-order chi connectivity index (χ0) is 9.64. The van der Waals surface area contributed by atoms with Crippen LogP contribution in [0.5, 0.6) is 0 Å². The van der Waals surface area contributed by atoms with Crippen LogP contribution in [0, 0.1) is 18.8 Å². The van der Waals surface area contributed by atoms with Gasteiger partial charge in [0.05, 0.1) is 0 Å². The molecule has 0 saturated heterocycles. The SMILES string of the molecule is Cc1nccn1C[C@@H]1[C@@H](C)C1(F)F. The summed E-state index contributed by atoms with van der Waals surface area (Å²) in [5.74, 6) is -2.64. The first kappa shape index (κ1) is 8.66. The van der Waals surface area contributed by atoms with Crippen molar-refractivity contribution in [3.05, 3.63) is 18.2 Å². The van der Waals surface area contributed by atoms with E-state index in [2.05, 4.69) is 4.98 Å². The predicted octanol–water partition coefficient (Wildman–Crippen LogP) is 2.09. The molecule has 1 aromatic rings. The second-order valence-corrected chi connectivity index (χ2v) is 3.70. The van der Waals surface area contributed by atoms with Gasteiger partial charge in [0.2, 0.25) is 0 Å². The number of hydrogen-bond acceptors (Lipinski definition) is 1. The fourth-order valence-corrected chi connectivity index (χ4v) is 1.65. The molecule has 1 fully saturated rings. The molecule has 0 amide bonds. The highest BCUT2D eigenvalue weighted by Crippen LogP contribution is 2.55. The summed E-state index contributed by atoms with van der Waals surface area (Å²) < 4.78 is 27.5. The topological polar surface area (TPSA) is 17.8 Å². The highest BCUT2D eigenvalue weighted by Gasteiger charge is 2.65. The van der Waals surface area contributed by atoms with Crippen LogP contribution in [0.25, 0.3) is 0 Å². The number of imidazole rings is 1. The molecule has 0 radical (unpaired) electrons. The Labute approximate surface area is 75.6 Å². The van der Waals surface area contributed by atoms with Gasteiger partial charge in [-0.1, -0.05) is 6.92 Å². The normalized spacial score (nSPS) is 30.5. The van der Waals surface area contributed by atoms with E-state index < -0.39 is 17.8 Å². The lowest BCUT2D eigenvalue weighted by Gasteiger charge is -2.02. The van der Waals surface area contributed by atoms with E-state index in [-0.39, 0.29) is 0 Å². The van der Waals surface area contributed by atoms with Gasteiger partial charge in [-0.3, -0.25) is 0 Å². The molecule has 0 N–H and O–H groups in total. The zero-order valence-corrected chi connectivity index (χ0v) is 7.67. The molecule has 1 aromatic heterocycles. The number of rotatable bonds is 2. The molecule has 4 heteroatoms. The Kier molecular flexibility index (Phi) is 1.68. The van der Waals surface area contributed by atoms with Crippen molar-refractivity contribution in [1.29, 1.82) is 0 Å². The van der Waals surface area contributed by atoms with Gasteiger partial charge in [-0.15, -0.1) is 0 Å². The van der Waals surface area contributed by atoms with Crippen LogP contribution in [0.4, 0.5) is 8.78 Å². The summed E-state index contributed by atoms with van der Waals surface area (Å²) in [5.41, 5.74) is 0. The summed E-state index contributed by atoms with van der Waals surface area (Å²) in [5, 5.41) is 0. The van der Waals surface area contributed by atoms with E-state index in [1.165, 1.54) is 0 Å². The molecule has 2 rings (SSSR count). The lowest BCUT2D eigenvalue weighted by atomic mass is 10.3.